The van der Waals surface area contributed by atoms with Crippen molar-refractivity contribution in [2.75, 3.05) is 4.90 Å². The van der Waals surface area contributed by atoms with Gasteiger partial charge in [-0.1, -0.05) is 54.3 Å². The van der Waals surface area contributed by atoms with Crippen LogP contribution in [0, 0.1) is 0 Å². The lowest BCUT2D eigenvalue weighted by atomic mass is 10.2. The number of rotatable bonds is 4. The first kappa shape index (κ1) is 16.3. The van der Waals surface area contributed by atoms with E-state index in [0.29, 0.717) is 10.0 Å². The smallest absolute Gasteiger partial charge is 0.337 e. The fourth-order valence-corrected chi connectivity index (χ4v) is 3.40. The minimum Gasteiger partial charge on any atom is -0.478 e. The van der Waals surface area contributed by atoms with Gasteiger partial charge in [0.1, 0.15) is 4.32 Å². The molecule has 0 aliphatic carbocycles. The predicted molar refractivity (Wildman–Crippen MR) is 95.8 cm³/mol. The third-order valence-electron chi connectivity index (χ3n) is 3.25. The second-order valence-electron chi connectivity index (χ2n) is 4.78. The molecule has 2 aromatic carbocycles. The molecule has 2 aromatic rings. The van der Waals surface area contributed by atoms with E-state index in [2.05, 4.69) is 10.2 Å². The summed E-state index contributed by atoms with van der Waals surface area (Å²) in [4.78, 5) is 25.1. The van der Waals surface area contributed by atoms with Crippen molar-refractivity contribution in [1.82, 2.24) is 0 Å². The lowest BCUT2D eigenvalue weighted by molar-refractivity contribution is -0.116. The average molecular weight is 357 g/mol. The molecule has 6 nitrogen and oxygen atoms in total. The Morgan fingerprint density at radius 1 is 1.12 bits per heavy atom. The standard InChI is InChI=1S/C16H11N3O3S2/c20-14-13(18-17-12-9-5-4-8-11(12)15(21)22)24-16(23)19(14)10-6-2-1-3-7-10/h1-9,13H,(H,21,22). The van der Waals surface area contributed by atoms with E-state index in [4.69, 9.17) is 17.3 Å². The Labute approximate surface area is 147 Å². The quantitative estimate of drug-likeness (QED) is 0.664. The lowest BCUT2D eigenvalue weighted by Crippen LogP contribution is -2.30. The van der Waals surface area contributed by atoms with Gasteiger partial charge in [-0.15, -0.1) is 0 Å². The van der Waals surface area contributed by atoms with E-state index in [1.54, 1.807) is 24.3 Å². The van der Waals surface area contributed by atoms with Gasteiger partial charge in [0.25, 0.3) is 5.91 Å². The number of aromatic carboxylic acids is 1. The highest BCUT2D eigenvalue weighted by Gasteiger charge is 2.38. The first-order valence-corrected chi connectivity index (χ1v) is 8.19. The number of para-hydroxylation sites is 1. The number of carbonyl (C=O) groups is 2. The first-order chi connectivity index (χ1) is 11.6. The molecular formula is C16H11N3O3S2. The maximum Gasteiger partial charge on any atom is 0.337 e. The van der Waals surface area contributed by atoms with E-state index in [9.17, 15) is 9.59 Å². The molecule has 0 aromatic heterocycles. The number of anilines is 1. The van der Waals surface area contributed by atoms with Crippen molar-refractivity contribution in [3.05, 3.63) is 60.2 Å². The summed E-state index contributed by atoms with van der Waals surface area (Å²) in [5.41, 5.74) is 0.894. The molecule has 1 amide bonds. The van der Waals surface area contributed by atoms with Crippen molar-refractivity contribution in [3.8, 4) is 0 Å². The Hall–Kier alpha value is -2.58. The number of thioether (sulfide) groups is 1. The molecule has 1 aliphatic heterocycles. The number of nitrogens with zero attached hydrogens (tertiary/aromatic N) is 3. The normalized spacial score (nSPS) is 17.7. The number of hydrogen-bond donors (Lipinski definition) is 1. The summed E-state index contributed by atoms with van der Waals surface area (Å²) in [6.45, 7) is 0. The molecule has 120 valence electrons. The predicted octanol–water partition coefficient (Wildman–Crippen LogP) is 3.86. The highest BCUT2D eigenvalue weighted by Crippen LogP contribution is 2.33. The molecule has 1 aliphatic rings. The third kappa shape index (κ3) is 3.19. The SMILES string of the molecule is O=C(O)c1ccccc1N=NC1SC(=S)N(c2ccccc2)C1=O. The van der Waals surface area contributed by atoms with Gasteiger partial charge in [-0.3, -0.25) is 9.69 Å². The molecular weight excluding hydrogens is 346 g/mol. The fourth-order valence-electron chi connectivity index (χ4n) is 2.14. The van der Waals surface area contributed by atoms with Crippen molar-refractivity contribution >= 4 is 51.6 Å². The second-order valence-corrected chi connectivity index (χ2v) is 6.50. The van der Waals surface area contributed by atoms with E-state index in [1.165, 1.54) is 17.0 Å². The van der Waals surface area contributed by atoms with Crippen LogP contribution in [0.5, 0.6) is 0 Å². The van der Waals surface area contributed by atoms with Crippen molar-refractivity contribution in [2.45, 2.75) is 5.37 Å². The van der Waals surface area contributed by atoms with Gasteiger partial charge in [0.15, 0.2) is 0 Å². The Morgan fingerprint density at radius 3 is 2.50 bits per heavy atom. The molecule has 0 saturated carbocycles. The van der Waals surface area contributed by atoms with Gasteiger partial charge in [0.05, 0.1) is 16.9 Å². The van der Waals surface area contributed by atoms with Crippen molar-refractivity contribution in [2.24, 2.45) is 10.2 Å². The molecule has 24 heavy (non-hydrogen) atoms. The largest absolute Gasteiger partial charge is 0.478 e. The Morgan fingerprint density at radius 2 is 1.79 bits per heavy atom. The van der Waals surface area contributed by atoms with Crippen LogP contribution in [0.2, 0.25) is 0 Å². The molecule has 1 unspecified atom stereocenters. The molecule has 1 fully saturated rings. The molecule has 0 bridgehead atoms. The summed E-state index contributed by atoms with van der Waals surface area (Å²) < 4.78 is 0.390. The highest BCUT2D eigenvalue weighted by atomic mass is 32.2. The van der Waals surface area contributed by atoms with Gasteiger partial charge >= 0.3 is 5.97 Å². The summed E-state index contributed by atoms with van der Waals surface area (Å²) >= 11 is 6.36. The summed E-state index contributed by atoms with van der Waals surface area (Å²) in [5.74, 6) is -1.40. The van der Waals surface area contributed by atoms with E-state index in [-0.39, 0.29) is 17.2 Å². The number of hydrogen-bond acceptors (Lipinski definition) is 6. The van der Waals surface area contributed by atoms with Gasteiger partial charge in [-0.25, -0.2) is 4.79 Å². The maximum absolute atomic E-state index is 12.5. The van der Waals surface area contributed by atoms with E-state index >= 15 is 0 Å². The number of thiocarbonyl (C=S) groups is 1. The molecule has 1 atom stereocenters. The van der Waals surface area contributed by atoms with E-state index in [0.717, 1.165) is 11.8 Å². The Bertz CT molecular complexity index is 839. The maximum atomic E-state index is 12.5. The topological polar surface area (TPSA) is 82.3 Å². The van der Waals surface area contributed by atoms with Crippen LogP contribution in [-0.2, 0) is 4.79 Å². The highest BCUT2D eigenvalue weighted by molar-refractivity contribution is 8.25. The van der Waals surface area contributed by atoms with Gasteiger partial charge in [-0.05, 0) is 24.3 Å². The molecule has 1 N–H and O–H groups in total. The molecule has 1 heterocycles. The zero-order valence-corrected chi connectivity index (χ0v) is 13.8. The molecule has 3 rings (SSSR count). The first-order valence-electron chi connectivity index (χ1n) is 6.91. The second kappa shape index (κ2) is 6.90. The molecule has 8 heteroatoms. The van der Waals surface area contributed by atoms with Gasteiger partial charge in [0, 0.05) is 0 Å². The van der Waals surface area contributed by atoms with Gasteiger partial charge in [0.2, 0.25) is 5.37 Å². The molecule has 1 saturated heterocycles. The average Bonchev–Trinajstić information content (AvgIpc) is 2.87. The number of carboxylic acid groups (broad SMARTS) is 1. The minimum absolute atomic E-state index is 0.0270. The summed E-state index contributed by atoms with van der Waals surface area (Å²) in [7, 11) is 0. The fraction of sp³-hybridized carbons (Fsp3) is 0.0625. The molecule has 0 radical (unpaired) electrons. The van der Waals surface area contributed by atoms with Crippen molar-refractivity contribution < 1.29 is 14.7 Å². The zero-order valence-electron chi connectivity index (χ0n) is 12.2. The summed E-state index contributed by atoms with van der Waals surface area (Å²) in [6, 6.07) is 15.3. The number of carbonyl (C=O) groups excluding carboxylic acids is 1. The van der Waals surface area contributed by atoms with Crippen LogP contribution in [-0.4, -0.2) is 26.7 Å². The number of amides is 1. The zero-order chi connectivity index (χ0) is 17.1. The Kier molecular flexibility index (Phi) is 4.68. The van der Waals surface area contributed by atoms with Crippen molar-refractivity contribution in [3.63, 3.8) is 0 Å². The van der Waals surface area contributed by atoms with Gasteiger partial charge in [-0.2, -0.15) is 10.2 Å². The number of carboxylic acids is 1. The van der Waals surface area contributed by atoms with E-state index in [1.807, 2.05) is 18.2 Å². The van der Waals surface area contributed by atoms with E-state index < -0.39 is 11.3 Å². The third-order valence-corrected chi connectivity index (χ3v) is 4.62. The number of benzene rings is 2. The summed E-state index contributed by atoms with van der Waals surface area (Å²) in [5, 5.41) is 16.2. The van der Waals surface area contributed by atoms with Gasteiger partial charge < -0.3 is 5.11 Å². The number of azo groups is 1. The van der Waals surface area contributed by atoms with Crippen LogP contribution >= 0.6 is 24.0 Å². The van der Waals surface area contributed by atoms with Crippen LogP contribution in [0.1, 0.15) is 10.4 Å². The minimum atomic E-state index is -1.10. The molecule has 0 spiro atoms. The monoisotopic (exact) mass is 357 g/mol. The summed E-state index contributed by atoms with van der Waals surface area (Å²) in [6.07, 6.45) is 0. The van der Waals surface area contributed by atoms with Crippen LogP contribution in [0.3, 0.4) is 0 Å². The van der Waals surface area contributed by atoms with Crippen LogP contribution in [0.4, 0.5) is 11.4 Å². The Balaban J connectivity index is 1.84. The lowest BCUT2D eigenvalue weighted by Gasteiger charge is -2.14. The van der Waals surface area contributed by atoms with Crippen LogP contribution in [0.15, 0.2) is 64.8 Å². The van der Waals surface area contributed by atoms with Crippen LogP contribution < -0.4 is 4.90 Å². The van der Waals surface area contributed by atoms with Crippen LogP contribution in [0.25, 0.3) is 0 Å². The van der Waals surface area contributed by atoms with Crippen molar-refractivity contribution in [1.29, 1.82) is 0 Å².